The van der Waals surface area contributed by atoms with E-state index in [9.17, 15) is 19.8 Å². The van der Waals surface area contributed by atoms with Crippen LogP contribution in [0.3, 0.4) is 0 Å². The lowest BCUT2D eigenvalue weighted by atomic mass is 10.0. The zero-order valence-electron chi connectivity index (χ0n) is 48.0. The molecule has 71 heavy (non-hydrogen) atoms. The number of ether oxygens (including phenoxy) is 1. The van der Waals surface area contributed by atoms with Crippen LogP contribution in [0.25, 0.3) is 0 Å². The first-order valence-corrected chi connectivity index (χ1v) is 32.1. The molecule has 0 heterocycles. The number of esters is 1. The van der Waals surface area contributed by atoms with Gasteiger partial charge in [0.25, 0.3) is 0 Å². The average molecular weight is 1000 g/mol. The van der Waals surface area contributed by atoms with Gasteiger partial charge < -0.3 is 20.3 Å². The van der Waals surface area contributed by atoms with Crippen LogP contribution in [-0.2, 0) is 14.3 Å². The summed E-state index contributed by atoms with van der Waals surface area (Å²) in [5.41, 5.74) is 0. The minimum atomic E-state index is -0.846. The molecule has 0 saturated carbocycles. The van der Waals surface area contributed by atoms with Crippen molar-refractivity contribution in [3.05, 3.63) is 24.3 Å². The minimum absolute atomic E-state index is 0.00757. The SMILES string of the molecule is CCCCCCCCC/C=C\CCCCCCCCCC(=O)OCCCCCCCCCCCCCCCCCCCCCCC(=O)NC(CO)C(O)/C=C/CCCCCCCCCCCCCCCC. The molecule has 6 nitrogen and oxygen atoms in total. The molecule has 2 atom stereocenters. The van der Waals surface area contributed by atoms with E-state index in [1.54, 1.807) is 6.08 Å². The van der Waals surface area contributed by atoms with Crippen LogP contribution in [0, 0.1) is 0 Å². The monoisotopic (exact) mass is 1000 g/mol. The van der Waals surface area contributed by atoms with Gasteiger partial charge >= 0.3 is 5.97 Å². The van der Waals surface area contributed by atoms with E-state index in [0.717, 1.165) is 44.9 Å². The molecule has 1 amide bonds. The summed E-state index contributed by atoms with van der Waals surface area (Å²) in [5.74, 6) is -0.0601. The third-order valence-corrected chi connectivity index (χ3v) is 15.0. The molecule has 3 N–H and O–H groups in total. The maximum Gasteiger partial charge on any atom is 0.305 e. The predicted molar refractivity (Wildman–Crippen MR) is 310 cm³/mol. The first-order chi connectivity index (χ1) is 35.0. The highest BCUT2D eigenvalue weighted by molar-refractivity contribution is 5.76. The first kappa shape index (κ1) is 69.3. The maximum absolute atomic E-state index is 12.5. The number of carbonyl (C=O) groups is 2. The van der Waals surface area contributed by atoms with Crippen molar-refractivity contribution in [1.29, 1.82) is 0 Å². The van der Waals surface area contributed by atoms with E-state index >= 15 is 0 Å². The van der Waals surface area contributed by atoms with Gasteiger partial charge in [-0.25, -0.2) is 0 Å². The summed E-state index contributed by atoms with van der Waals surface area (Å²) in [4.78, 5) is 24.6. The molecular formula is C65H125NO5. The summed E-state index contributed by atoms with van der Waals surface area (Å²) in [6.45, 7) is 4.92. The molecule has 0 aromatic heterocycles. The third kappa shape index (κ3) is 57.5. The van der Waals surface area contributed by atoms with Crippen molar-refractivity contribution in [1.82, 2.24) is 5.32 Å². The molecule has 0 spiro atoms. The van der Waals surface area contributed by atoms with E-state index in [0.29, 0.717) is 19.4 Å². The second-order valence-electron chi connectivity index (χ2n) is 22.1. The Balaban J connectivity index is 3.40. The molecule has 420 valence electrons. The van der Waals surface area contributed by atoms with Crippen molar-refractivity contribution in [3.8, 4) is 0 Å². The summed E-state index contributed by atoms with van der Waals surface area (Å²) in [6, 6.07) is -0.629. The number of carbonyl (C=O) groups excluding carboxylic acids is 2. The topological polar surface area (TPSA) is 95.9 Å². The number of nitrogens with one attached hydrogen (secondary N) is 1. The number of rotatable bonds is 60. The van der Waals surface area contributed by atoms with Gasteiger partial charge in [0.05, 0.1) is 25.4 Å². The summed E-state index contributed by atoms with van der Waals surface area (Å²) in [5, 5.41) is 23.2. The largest absolute Gasteiger partial charge is 0.466 e. The van der Waals surface area contributed by atoms with Gasteiger partial charge in [0, 0.05) is 12.8 Å². The van der Waals surface area contributed by atoms with Crippen molar-refractivity contribution < 1.29 is 24.5 Å². The Labute approximate surface area is 443 Å². The second-order valence-corrected chi connectivity index (χ2v) is 22.1. The number of unbranched alkanes of at least 4 members (excludes halogenated alkanes) is 47. The van der Waals surface area contributed by atoms with Crippen LogP contribution in [0.4, 0.5) is 0 Å². The predicted octanol–water partition coefficient (Wildman–Crippen LogP) is 20.2. The molecule has 0 aliphatic heterocycles. The lowest BCUT2D eigenvalue weighted by molar-refractivity contribution is -0.143. The van der Waals surface area contributed by atoms with E-state index in [2.05, 4.69) is 31.3 Å². The fourth-order valence-electron chi connectivity index (χ4n) is 10.0. The van der Waals surface area contributed by atoms with Crippen LogP contribution in [0.15, 0.2) is 24.3 Å². The number of aliphatic hydroxyl groups is 2. The second kappa shape index (κ2) is 60.9. The highest BCUT2D eigenvalue weighted by atomic mass is 16.5. The molecule has 0 radical (unpaired) electrons. The Hall–Kier alpha value is -1.66. The summed E-state index contributed by atoms with van der Waals surface area (Å²) < 4.78 is 5.50. The Morgan fingerprint density at radius 2 is 0.662 bits per heavy atom. The highest BCUT2D eigenvalue weighted by Gasteiger charge is 2.18. The van der Waals surface area contributed by atoms with E-state index in [4.69, 9.17) is 4.74 Å². The van der Waals surface area contributed by atoms with Gasteiger partial charge in [0.2, 0.25) is 5.91 Å². The van der Waals surface area contributed by atoms with E-state index in [1.165, 1.54) is 283 Å². The van der Waals surface area contributed by atoms with Gasteiger partial charge in [-0.05, 0) is 57.8 Å². The Morgan fingerprint density at radius 3 is 1.00 bits per heavy atom. The van der Waals surface area contributed by atoms with Gasteiger partial charge in [-0.15, -0.1) is 0 Å². The molecule has 0 rings (SSSR count). The molecule has 0 saturated heterocycles. The molecule has 0 aromatic carbocycles. The van der Waals surface area contributed by atoms with Gasteiger partial charge in [-0.3, -0.25) is 9.59 Å². The zero-order chi connectivity index (χ0) is 51.4. The smallest absolute Gasteiger partial charge is 0.305 e. The standard InChI is InChI=1S/C65H125NO5/c1-3-5-7-9-11-13-15-17-19-21-27-31-35-39-43-47-51-55-59-65(70)71-60-56-52-48-44-40-36-32-28-25-23-22-24-26-30-34-38-42-46-50-54-58-64(69)66-62(61-67)63(68)57-53-49-45-41-37-33-29-20-18-16-14-12-10-8-6-4-2/h19,21,53,57,62-63,67-68H,3-18,20,22-52,54-56,58-61H2,1-2H3,(H,66,69)/b21-19-,57-53+. The number of amides is 1. The normalized spacial score (nSPS) is 12.7. The molecule has 0 aliphatic rings. The molecule has 2 unspecified atom stereocenters. The third-order valence-electron chi connectivity index (χ3n) is 15.0. The van der Waals surface area contributed by atoms with Crippen LogP contribution < -0.4 is 5.32 Å². The van der Waals surface area contributed by atoms with E-state index in [-0.39, 0.29) is 18.5 Å². The maximum atomic E-state index is 12.5. The molecule has 0 aromatic rings. The fourth-order valence-corrected chi connectivity index (χ4v) is 10.0. The lowest BCUT2D eigenvalue weighted by Crippen LogP contribution is -2.45. The number of aliphatic hydroxyl groups excluding tert-OH is 2. The number of hydrogen-bond acceptors (Lipinski definition) is 5. The fraction of sp³-hybridized carbons (Fsp3) is 0.908. The van der Waals surface area contributed by atoms with Gasteiger partial charge in [-0.1, -0.05) is 308 Å². The van der Waals surface area contributed by atoms with Crippen LogP contribution in [0.5, 0.6) is 0 Å². The Morgan fingerprint density at radius 1 is 0.380 bits per heavy atom. The summed E-state index contributed by atoms with van der Waals surface area (Å²) >= 11 is 0. The average Bonchev–Trinajstić information content (AvgIpc) is 3.37. The highest BCUT2D eigenvalue weighted by Crippen LogP contribution is 2.18. The molecule has 0 aliphatic carbocycles. The minimum Gasteiger partial charge on any atom is -0.466 e. The first-order valence-electron chi connectivity index (χ1n) is 32.1. The lowest BCUT2D eigenvalue weighted by Gasteiger charge is -2.20. The number of hydrogen-bond donors (Lipinski definition) is 3. The molecule has 0 bridgehead atoms. The number of allylic oxidation sites excluding steroid dienone is 3. The Bertz CT molecular complexity index is 1110. The van der Waals surface area contributed by atoms with Crippen molar-refractivity contribution in [2.24, 2.45) is 0 Å². The Kier molecular flexibility index (Phi) is 59.5. The molecule has 0 fully saturated rings. The van der Waals surface area contributed by atoms with Crippen LogP contribution in [0.1, 0.15) is 354 Å². The van der Waals surface area contributed by atoms with E-state index < -0.39 is 12.1 Å². The van der Waals surface area contributed by atoms with Gasteiger partial charge in [0.1, 0.15) is 0 Å². The van der Waals surface area contributed by atoms with E-state index in [1.807, 2.05) is 6.08 Å². The van der Waals surface area contributed by atoms with Crippen molar-refractivity contribution in [3.63, 3.8) is 0 Å². The zero-order valence-corrected chi connectivity index (χ0v) is 48.0. The molecular weight excluding hydrogens is 875 g/mol. The quantitative estimate of drug-likeness (QED) is 0.0320. The van der Waals surface area contributed by atoms with Crippen molar-refractivity contribution in [2.45, 2.75) is 366 Å². The molecule has 6 heteroatoms. The summed E-state index contributed by atoms with van der Waals surface area (Å²) in [6.07, 6.45) is 75.0. The van der Waals surface area contributed by atoms with Crippen molar-refractivity contribution >= 4 is 11.9 Å². The van der Waals surface area contributed by atoms with Crippen LogP contribution in [0.2, 0.25) is 0 Å². The summed E-state index contributed by atoms with van der Waals surface area (Å²) in [7, 11) is 0. The van der Waals surface area contributed by atoms with Crippen LogP contribution >= 0.6 is 0 Å². The van der Waals surface area contributed by atoms with Gasteiger partial charge in [0.15, 0.2) is 0 Å². The van der Waals surface area contributed by atoms with Crippen LogP contribution in [-0.4, -0.2) is 47.4 Å². The van der Waals surface area contributed by atoms with Gasteiger partial charge in [-0.2, -0.15) is 0 Å². The van der Waals surface area contributed by atoms with Crippen molar-refractivity contribution in [2.75, 3.05) is 13.2 Å².